The van der Waals surface area contributed by atoms with Crippen molar-refractivity contribution < 1.29 is 102 Å². The fourth-order valence-corrected chi connectivity index (χ4v) is 18.2. The number of ether oxygens (including phenoxy) is 10. The normalized spacial score (nSPS) is 29.7. The van der Waals surface area contributed by atoms with Gasteiger partial charge in [0.25, 0.3) is 0 Å². The van der Waals surface area contributed by atoms with E-state index in [0.717, 1.165) is 12.0 Å². The zero-order valence-electron chi connectivity index (χ0n) is 71.1. The topological polar surface area (TPSA) is 300 Å². The number of aromatic carboxylic acids is 2. The van der Waals surface area contributed by atoms with Crippen LogP contribution in [0.2, 0.25) is 0 Å². The molecule has 4 saturated heterocycles. The van der Waals surface area contributed by atoms with Crippen LogP contribution < -0.4 is 14.6 Å². The van der Waals surface area contributed by atoms with E-state index in [1.807, 2.05) is 32.1 Å². The number of pyridine rings is 1. The Hall–Kier alpha value is -9.70. The summed E-state index contributed by atoms with van der Waals surface area (Å²) in [5, 5.41) is 80.3. The molecular formula is C97H115N3O20. The average Bonchev–Trinajstić information content (AvgIpc) is 1.55. The summed E-state index contributed by atoms with van der Waals surface area (Å²) >= 11 is 0. The number of anilines is 1. The first-order chi connectivity index (χ1) is 57.3. The number of aliphatic hydroxyl groups is 3. The zero-order chi connectivity index (χ0) is 85.9. The number of methoxy groups -OCH3 is 2. The average molecular weight is 1640 g/mol. The number of carboxylic acid groups (broad SMARTS) is 2. The Morgan fingerprint density at radius 2 is 1.40 bits per heavy atom. The van der Waals surface area contributed by atoms with E-state index in [0.29, 0.717) is 64.8 Å². The van der Waals surface area contributed by atoms with E-state index in [9.17, 15) is 50.1 Å². The molecule has 0 saturated carbocycles. The molecule has 6 aromatic carbocycles. The Morgan fingerprint density at radius 1 is 0.742 bits per heavy atom. The molecule has 23 heteroatoms. The summed E-state index contributed by atoms with van der Waals surface area (Å²) in [7, 11) is 9.50. The Morgan fingerprint density at radius 3 is 2.08 bits per heavy atom. The first kappa shape index (κ1) is 88.1. The van der Waals surface area contributed by atoms with Gasteiger partial charge in [-0.1, -0.05) is 143 Å². The lowest BCUT2D eigenvalue weighted by molar-refractivity contribution is -0.646. The van der Waals surface area contributed by atoms with Crippen molar-refractivity contribution in [3.8, 4) is 17.2 Å². The molecule has 1 aliphatic carbocycles. The highest BCUT2D eigenvalue weighted by atomic mass is 16.7. The maximum absolute atomic E-state index is 14.3. The molecule has 120 heavy (non-hydrogen) atoms. The fraction of sp³-hybridized carbons (Fsp3) is 0.443. The molecule has 2 aromatic heterocycles. The summed E-state index contributed by atoms with van der Waals surface area (Å²) in [6.45, 7) is 20.4. The zero-order valence-corrected chi connectivity index (χ0v) is 71.1. The third kappa shape index (κ3) is 18.4. The van der Waals surface area contributed by atoms with Gasteiger partial charge in [-0.25, -0.2) is 9.59 Å². The number of para-hydroxylation sites is 1. The number of aromatic hydroxyl groups is 1. The SMILES string of the molecule is CCC(C)C1OC2(C=CC1C)CC1CC(CC=C(C)C(OC3CC(OC)C(OC4CC(OC)C(O)C(C)O4)C(C)O3)C(C)C=CC=C3COC4C(O)C(C)=CC(C(=O)O1)C34O)O2.Cc1cc(C=Cc2ccc3cc(N(C)C)ccc3[n+]2C)c(C)n1-c1ccccc1.O=C(O)c1cc2ccccc2c(Cc2c(O)c(C(=O)O)cc3ccccc23)c1[O-]. The molecule has 20 atom stereocenters. The molecule has 2 bridgehead atoms. The van der Waals surface area contributed by atoms with Crippen LogP contribution in [0.4, 0.5) is 5.69 Å². The number of nitrogens with zero attached hydrogens (tertiary/aromatic N) is 3. The molecule has 0 amide bonds. The first-order valence-corrected chi connectivity index (χ1v) is 41.6. The summed E-state index contributed by atoms with van der Waals surface area (Å²) in [5.74, 6) is -6.27. The number of rotatable bonds is 16. The van der Waals surface area contributed by atoms with Gasteiger partial charge in [0.15, 0.2) is 18.4 Å². The van der Waals surface area contributed by atoms with E-state index >= 15 is 0 Å². The van der Waals surface area contributed by atoms with E-state index in [2.05, 4.69) is 168 Å². The minimum absolute atomic E-state index is 0.0317. The molecule has 23 nitrogen and oxygen atoms in total. The van der Waals surface area contributed by atoms with Crippen molar-refractivity contribution in [2.45, 2.75) is 211 Å². The van der Waals surface area contributed by atoms with Crippen LogP contribution in [-0.2, 0) is 65.6 Å². The van der Waals surface area contributed by atoms with Gasteiger partial charge in [-0.15, -0.1) is 0 Å². The number of carbonyl (C=O) groups is 3. The van der Waals surface area contributed by atoms with E-state index in [1.54, 1.807) is 88.8 Å². The van der Waals surface area contributed by atoms with Crippen LogP contribution in [-0.4, -0.2) is 185 Å². The van der Waals surface area contributed by atoms with E-state index in [1.165, 1.54) is 57.1 Å². The Balaban J connectivity index is 0.000000177. The second-order valence-electron chi connectivity index (χ2n) is 33.5. The summed E-state index contributed by atoms with van der Waals surface area (Å²) in [5.41, 5.74) is 8.53. The maximum Gasteiger partial charge on any atom is 0.339 e. The summed E-state index contributed by atoms with van der Waals surface area (Å²) in [4.78, 5) is 39.6. The van der Waals surface area contributed by atoms with Gasteiger partial charge in [-0.3, -0.25) is 4.79 Å². The largest absolute Gasteiger partial charge is 0.872 e. The standard InChI is InChI=1S/C48H72O14.C26H28N3.C23H16O6/c1-11-25(2)43-28(5)17-18-47(62-43)23-34-20-33(61-47)16-15-27(4)42(26(3)13-12-14-32-24-55-45-40(49)29(6)19-35(46(51)58-34)48(32,45)52)59-39-22-37(54-10)44(31(8)57-39)60-38-21-36(53-9)41(50)30(7)56-38;1-19-17-21(20(2)29(19)24-9-7-6-8-10-24)11-13-23-14-12-22-18-25(27(3)4)15-16-26(22)28(23)5;24-20-16(14-7-3-1-5-12(14)9-18(20)22(26)27)11-17-15-8-4-2-6-13(15)10-19(21(17)25)23(28)29/h12-15,17-19,25-26,28,30-31,33-45,49-50,52H,11,16,20-24H2,1-10H3;6-18H,1-5H3;1-10,24-25H,11H2,(H,26,27)(H,28,29)/q;+1;/p-1. The maximum atomic E-state index is 14.3. The Labute approximate surface area is 701 Å². The van der Waals surface area contributed by atoms with Crippen LogP contribution in [0.1, 0.15) is 148 Å². The Bertz CT molecular complexity index is 5160. The third-order valence-corrected chi connectivity index (χ3v) is 25.2. The van der Waals surface area contributed by atoms with Crippen molar-refractivity contribution in [3.05, 3.63) is 232 Å². The number of carbonyl (C=O) groups excluding carboxylic acids is 1. The predicted octanol–water partition coefficient (Wildman–Crippen LogP) is 14.4. The van der Waals surface area contributed by atoms with Gasteiger partial charge in [0.2, 0.25) is 11.2 Å². The number of allylic oxidation sites excluding steroid dienone is 2. The fourth-order valence-electron chi connectivity index (χ4n) is 18.2. The highest BCUT2D eigenvalue weighted by Crippen LogP contribution is 2.48. The summed E-state index contributed by atoms with van der Waals surface area (Å²) < 4.78 is 68.2. The highest BCUT2D eigenvalue weighted by molar-refractivity contribution is 6.02. The van der Waals surface area contributed by atoms with Crippen molar-refractivity contribution in [3.63, 3.8) is 0 Å². The van der Waals surface area contributed by atoms with Crippen molar-refractivity contribution in [1.82, 2.24) is 4.57 Å². The van der Waals surface area contributed by atoms with Gasteiger partial charge in [0.1, 0.15) is 60.4 Å². The number of aryl methyl sites for hydroxylation is 2. The highest BCUT2D eigenvalue weighted by Gasteiger charge is 2.60. The lowest BCUT2D eigenvalue weighted by Gasteiger charge is -2.48. The van der Waals surface area contributed by atoms with E-state index < -0.39 is 114 Å². The van der Waals surface area contributed by atoms with Crippen LogP contribution in [0.25, 0.3) is 50.3 Å². The number of benzene rings is 6. The van der Waals surface area contributed by atoms with Crippen molar-refractivity contribution in [1.29, 1.82) is 0 Å². The van der Waals surface area contributed by atoms with Gasteiger partial charge in [-0.2, -0.15) is 4.57 Å². The molecule has 8 heterocycles. The van der Waals surface area contributed by atoms with Gasteiger partial charge < -0.3 is 92.6 Å². The minimum atomic E-state index is -1.84. The number of aliphatic hydroxyl groups excluding tert-OH is 2. The summed E-state index contributed by atoms with van der Waals surface area (Å²) in [6, 6.07) is 40.3. The number of carboxylic acids is 2. The molecule has 0 radical (unpaired) electrons. The van der Waals surface area contributed by atoms with Crippen molar-refractivity contribution in [2.24, 2.45) is 30.7 Å². The van der Waals surface area contributed by atoms with Gasteiger partial charge in [0.05, 0.1) is 54.9 Å². The molecule has 1 spiro atoms. The smallest absolute Gasteiger partial charge is 0.339 e. The van der Waals surface area contributed by atoms with E-state index in [-0.39, 0.29) is 71.3 Å². The number of hydrogen-bond donors (Lipinski definition) is 6. The second-order valence-corrected chi connectivity index (χ2v) is 33.5. The Kier molecular flexibility index (Phi) is 27.4. The number of aromatic nitrogens is 2. The van der Waals surface area contributed by atoms with Gasteiger partial charge >= 0.3 is 17.9 Å². The predicted molar refractivity (Wildman–Crippen MR) is 457 cm³/mol. The quantitative estimate of drug-likeness (QED) is 0.0297. The monoisotopic (exact) mass is 1640 g/mol. The number of esters is 1. The van der Waals surface area contributed by atoms with Crippen LogP contribution in [0.5, 0.6) is 11.5 Å². The molecule has 6 N–H and O–H groups in total. The van der Waals surface area contributed by atoms with Gasteiger partial charge in [-0.05, 0) is 164 Å². The molecule has 15 rings (SSSR count). The molecular weight excluding hydrogens is 1530 g/mol. The van der Waals surface area contributed by atoms with Crippen LogP contribution in [0.15, 0.2) is 187 Å². The second kappa shape index (κ2) is 37.3. The molecule has 4 fully saturated rings. The lowest BCUT2D eigenvalue weighted by atomic mass is 9.71. The van der Waals surface area contributed by atoms with Crippen molar-refractivity contribution >= 4 is 68.2 Å². The van der Waals surface area contributed by atoms with Crippen LogP contribution >= 0.6 is 0 Å². The summed E-state index contributed by atoms with van der Waals surface area (Å²) in [6.07, 6.45) is 12.9. The van der Waals surface area contributed by atoms with Gasteiger partial charge in [0, 0.05) is 124 Å². The van der Waals surface area contributed by atoms with E-state index in [4.69, 9.17) is 47.4 Å². The number of hydrogen-bond acceptors (Lipinski definition) is 19. The van der Waals surface area contributed by atoms with Crippen LogP contribution in [0.3, 0.4) is 0 Å². The number of phenols is 1. The van der Waals surface area contributed by atoms with Crippen molar-refractivity contribution in [2.75, 3.05) is 39.8 Å². The molecule has 638 valence electrons. The molecule has 7 aliphatic rings. The third-order valence-electron chi connectivity index (χ3n) is 25.2. The molecule has 8 aromatic rings. The van der Waals surface area contributed by atoms with Crippen LogP contribution in [0, 0.1) is 37.5 Å². The number of fused-ring (bicyclic) bond motifs is 5. The molecule has 6 aliphatic heterocycles. The minimum Gasteiger partial charge on any atom is -0.872 e. The molecule has 20 unspecified atom stereocenters. The first-order valence-electron chi connectivity index (χ1n) is 41.6. The lowest BCUT2D eigenvalue weighted by Crippen LogP contribution is -2.58.